The van der Waals surface area contributed by atoms with Crippen LogP contribution in [0.4, 0.5) is 0 Å². The summed E-state index contributed by atoms with van der Waals surface area (Å²) < 4.78 is 11.8. The van der Waals surface area contributed by atoms with Gasteiger partial charge in [-0.3, -0.25) is 0 Å². The maximum Gasteiger partial charge on any atom is 0.0835 e. The molecule has 0 bridgehead atoms. The lowest BCUT2D eigenvalue weighted by molar-refractivity contribution is 0.0942. The van der Waals surface area contributed by atoms with E-state index in [4.69, 9.17) is 9.47 Å². The molecule has 2 heteroatoms. The summed E-state index contributed by atoms with van der Waals surface area (Å²) >= 11 is 0. The molecule has 1 radical (unpaired) electrons. The Kier molecular flexibility index (Phi) is 3.21. The van der Waals surface area contributed by atoms with E-state index in [0.717, 1.165) is 38.9 Å². The molecule has 2 aromatic carbocycles. The van der Waals surface area contributed by atoms with Gasteiger partial charge in [-0.2, -0.15) is 0 Å². The van der Waals surface area contributed by atoms with Crippen LogP contribution in [-0.2, 0) is 9.47 Å². The van der Waals surface area contributed by atoms with Crippen LogP contribution in [0.25, 0.3) is 10.8 Å². The zero-order chi connectivity index (χ0) is 13.4. The number of hydrogen-bond donors (Lipinski definition) is 0. The minimum absolute atomic E-state index is 0.207. The molecule has 2 aromatic rings. The lowest BCUT2D eigenvalue weighted by Crippen LogP contribution is -2.06. The van der Waals surface area contributed by atoms with Crippen LogP contribution in [0.5, 0.6) is 0 Å². The van der Waals surface area contributed by atoms with Crippen molar-refractivity contribution in [2.45, 2.75) is 37.9 Å². The highest BCUT2D eigenvalue weighted by Gasteiger charge is 2.27. The molecule has 2 heterocycles. The van der Waals surface area contributed by atoms with Gasteiger partial charge in [0.25, 0.3) is 0 Å². The Labute approximate surface area is 119 Å². The molecule has 0 aromatic heterocycles. The average molecular weight is 267 g/mol. The van der Waals surface area contributed by atoms with Crippen molar-refractivity contribution in [1.82, 2.24) is 0 Å². The van der Waals surface area contributed by atoms with Gasteiger partial charge in [0.2, 0.25) is 0 Å². The van der Waals surface area contributed by atoms with Crippen molar-refractivity contribution in [2.75, 3.05) is 13.2 Å². The van der Waals surface area contributed by atoms with Crippen LogP contribution in [0.3, 0.4) is 0 Å². The van der Waals surface area contributed by atoms with Crippen LogP contribution >= 0.6 is 0 Å². The molecular weight excluding hydrogens is 248 g/mol. The molecule has 0 N–H and O–H groups in total. The Balaban J connectivity index is 1.85. The number of rotatable bonds is 2. The Bertz CT molecular complexity index is 553. The first-order chi connectivity index (χ1) is 9.92. The van der Waals surface area contributed by atoms with Gasteiger partial charge in [0.05, 0.1) is 12.2 Å². The number of hydrogen-bond acceptors (Lipinski definition) is 2. The summed E-state index contributed by atoms with van der Waals surface area (Å²) in [5.41, 5.74) is 2.53. The van der Waals surface area contributed by atoms with Crippen molar-refractivity contribution < 1.29 is 9.47 Å². The van der Waals surface area contributed by atoms with Crippen LogP contribution in [0.15, 0.2) is 30.3 Å². The maximum absolute atomic E-state index is 5.91. The highest BCUT2D eigenvalue weighted by Crippen LogP contribution is 2.39. The number of benzene rings is 2. The van der Waals surface area contributed by atoms with Crippen LogP contribution in [0.2, 0.25) is 0 Å². The van der Waals surface area contributed by atoms with E-state index in [1.54, 1.807) is 0 Å². The molecule has 2 fully saturated rings. The molecule has 0 amide bonds. The first kappa shape index (κ1) is 12.4. The van der Waals surface area contributed by atoms with Gasteiger partial charge in [-0.05, 0) is 59.7 Å². The second-order valence-electron chi connectivity index (χ2n) is 5.73. The second-order valence-corrected chi connectivity index (χ2v) is 5.73. The molecule has 4 rings (SSSR count). The molecule has 2 atom stereocenters. The van der Waals surface area contributed by atoms with Gasteiger partial charge in [-0.15, -0.1) is 0 Å². The predicted molar refractivity (Wildman–Crippen MR) is 78.6 cm³/mol. The van der Waals surface area contributed by atoms with Crippen LogP contribution in [0, 0.1) is 6.07 Å². The molecule has 0 saturated carbocycles. The Morgan fingerprint density at radius 2 is 1.70 bits per heavy atom. The van der Waals surface area contributed by atoms with Crippen molar-refractivity contribution >= 4 is 10.8 Å². The Hall–Kier alpha value is -1.38. The van der Waals surface area contributed by atoms with E-state index in [1.165, 1.54) is 21.9 Å². The second kappa shape index (κ2) is 5.19. The normalized spacial score (nSPS) is 26.4. The summed E-state index contributed by atoms with van der Waals surface area (Å²) in [7, 11) is 0. The first-order valence-electron chi connectivity index (χ1n) is 7.60. The van der Waals surface area contributed by atoms with Crippen molar-refractivity contribution in [3.8, 4) is 0 Å². The van der Waals surface area contributed by atoms with Crippen molar-refractivity contribution in [3.05, 3.63) is 47.5 Å². The van der Waals surface area contributed by atoms with Crippen molar-refractivity contribution in [3.63, 3.8) is 0 Å². The van der Waals surface area contributed by atoms with E-state index < -0.39 is 0 Å². The molecule has 0 aliphatic carbocycles. The summed E-state index contributed by atoms with van der Waals surface area (Å²) in [6.07, 6.45) is 4.97. The first-order valence-corrected chi connectivity index (χ1v) is 7.60. The zero-order valence-corrected chi connectivity index (χ0v) is 11.6. The molecule has 103 valence electrons. The smallest absolute Gasteiger partial charge is 0.0835 e. The van der Waals surface area contributed by atoms with Gasteiger partial charge in [0, 0.05) is 13.2 Å². The van der Waals surface area contributed by atoms with Gasteiger partial charge in [0.1, 0.15) is 0 Å². The van der Waals surface area contributed by atoms with Gasteiger partial charge in [-0.1, -0.05) is 24.3 Å². The fourth-order valence-corrected chi connectivity index (χ4v) is 3.36. The Morgan fingerprint density at radius 1 is 0.950 bits per heavy atom. The van der Waals surface area contributed by atoms with E-state index in [2.05, 4.69) is 36.4 Å². The minimum atomic E-state index is 0.207. The summed E-state index contributed by atoms with van der Waals surface area (Å²) in [6.45, 7) is 1.75. The zero-order valence-electron chi connectivity index (χ0n) is 11.6. The van der Waals surface area contributed by atoms with Crippen LogP contribution in [-0.4, -0.2) is 13.2 Å². The standard InChI is InChI=1S/C18H19O2/c1-2-6-14-12-16(18-8-4-10-20-18)15(11-13(14)5-1)17-7-3-9-19-17/h1-2,5-6,11,17-18H,3-4,7-10H2. The van der Waals surface area contributed by atoms with Gasteiger partial charge in [-0.25, -0.2) is 0 Å². The highest BCUT2D eigenvalue weighted by molar-refractivity contribution is 5.83. The van der Waals surface area contributed by atoms with E-state index in [1.807, 2.05) is 0 Å². The fourth-order valence-electron chi connectivity index (χ4n) is 3.36. The number of fused-ring (bicyclic) bond motifs is 1. The third kappa shape index (κ3) is 2.13. The fraction of sp³-hybridized carbons (Fsp3) is 0.444. The van der Waals surface area contributed by atoms with Crippen LogP contribution < -0.4 is 0 Å². The predicted octanol–water partition coefficient (Wildman–Crippen LogP) is 4.34. The van der Waals surface area contributed by atoms with Gasteiger partial charge in [0.15, 0.2) is 0 Å². The SMILES string of the molecule is [c]1c(C2CCCO2)c(C2CCCO2)cc2ccccc12. The summed E-state index contributed by atoms with van der Waals surface area (Å²) in [5.74, 6) is 0. The van der Waals surface area contributed by atoms with Gasteiger partial charge < -0.3 is 9.47 Å². The van der Waals surface area contributed by atoms with Gasteiger partial charge >= 0.3 is 0 Å². The summed E-state index contributed by atoms with van der Waals surface area (Å²) in [6, 6.07) is 14.3. The van der Waals surface area contributed by atoms with E-state index >= 15 is 0 Å². The summed E-state index contributed by atoms with van der Waals surface area (Å²) in [4.78, 5) is 0. The topological polar surface area (TPSA) is 18.5 Å². The number of ether oxygens (including phenoxy) is 2. The van der Waals surface area contributed by atoms with E-state index in [0.29, 0.717) is 0 Å². The molecule has 2 nitrogen and oxygen atoms in total. The molecule has 2 aliphatic rings. The molecule has 2 saturated heterocycles. The van der Waals surface area contributed by atoms with Crippen LogP contribution in [0.1, 0.15) is 49.0 Å². The third-order valence-electron chi connectivity index (χ3n) is 4.38. The highest BCUT2D eigenvalue weighted by atomic mass is 16.5. The monoisotopic (exact) mass is 267 g/mol. The minimum Gasteiger partial charge on any atom is -0.374 e. The largest absolute Gasteiger partial charge is 0.374 e. The van der Waals surface area contributed by atoms with Crippen molar-refractivity contribution in [1.29, 1.82) is 0 Å². The van der Waals surface area contributed by atoms with E-state index in [9.17, 15) is 0 Å². The summed E-state index contributed by atoms with van der Waals surface area (Å²) in [5, 5.41) is 2.43. The molecule has 2 aliphatic heterocycles. The molecular formula is C18H19O2. The van der Waals surface area contributed by atoms with Crippen molar-refractivity contribution in [2.24, 2.45) is 0 Å². The third-order valence-corrected chi connectivity index (χ3v) is 4.38. The maximum atomic E-state index is 5.91. The lowest BCUT2D eigenvalue weighted by atomic mass is 9.92. The molecule has 20 heavy (non-hydrogen) atoms. The molecule has 0 spiro atoms. The quantitative estimate of drug-likeness (QED) is 0.805. The Morgan fingerprint density at radius 3 is 2.45 bits per heavy atom. The lowest BCUT2D eigenvalue weighted by Gasteiger charge is -2.20. The molecule has 2 unspecified atom stereocenters. The average Bonchev–Trinajstić information content (AvgIpc) is 3.19. The van der Waals surface area contributed by atoms with E-state index in [-0.39, 0.29) is 12.2 Å².